The van der Waals surface area contributed by atoms with Crippen molar-refractivity contribution in [2.24, 2.45) is 5.92 Å². The van der Waals surface area contributed by atoms with E-state index < -0.39 is 0 Å². The first-order valence-electron chi connectivity index (χ1n) is 7.94. The van der Waals surface area contributed by atoms with Gasteiger partial charge >= 0.3 is 0 Å². The molecule has 1 aromatic heterocycles. The highest BCUT2D eigenvalue weighted by molar-refractivity contribution is 7.99. The molecule has 5 nitrogen and oxygen atoms in total. The van der Waals surface area contributed by atoms with Crippen LogP contribution in [0.4, 0.5) is 0 Å². The predicted octanol–water partition coefficient (Wildman–Crippen LogP) is 2.61. The number of carbonyl (C=O) groups excluding carboxylic acids is 1. The number of benzene rings is 1. The van der Waals surface area contributed by atoms with Gasteiger partial charge in [0, 0.05) is 18.7 Å². The summed E-state index contributed by atoms with van der Waals surface area (Å²) in [5.74, 6) is 7.13. The predicted molar refractivity (Wildman–Crippen MR) is 93.5 cm³/mol. The molecule has 1 fully saturated rings. The summed E-state index contributed by atoms with van der Waals surface area (Å²) in [4.78, 5) is 18.8. The zero-order chi connectivity index (χ0) is 16.2. The van der Waals surface area contributed by atoms with Gasteiger partial charge in [-0.2, -0.15) is 0 Å². The maximum absolute atomic E-state index is 12.3. The molecule has 1 aliphatic rings. The zero-order valence-electron chi connectivity index (χ0n) is 13.3. The highest BCUT2D eigenvalue weighted by Gasteiger charge is 2.21. The van der Waals surface area contributed by atoms with Crippen molar-refractivity contribution in [2.75, 3.05) is 24.7 Å². The van der Waals surface area contributed by atoms with Crippen LogP contribution in [0.5, 0.6) is 0 Å². The summed E-state index contributed by atoms with van der Waals surface area (Å²) in [6.07, 6.45) is 4.11. The lowest BCUT2D eigenvalue weighted by Gasteiger charge is -2.30. The monoisotopic (exact) mass is 330 g/mol. The SMILES string of the molecule is C[C@H]1CCCN(C(=O)CSc2nc(-c3ccccc3)cn2N)C1. The average Bonchev–Trinajstić information content (AvgIpc) is 2.94. The minimum Gasteiger partial charge on any atom is -0.342 e. The van der Waals surface area contributed by atoms with Crippen LogP contribution < -0.4 is 5.84 Å². The molecule has 2 heterocycles. The van der Waals surface area contributed by atoms with E-state index in [1.165, 1.54) is 22.9 Å². The van der Waals surface area contributed by atoms with E-state index >= 15 is 0 Å². The number of amides is 1. The fraction of sp³-hybridized carbons (Fsp3) is 0.412. The first kappa shape index (κ1) is 15.9. The third-order valence-corrected chi connectivity index (χ3v) is 5.05. The second kappa shape index (κ2) is 7.08. The van der Waals surface area contributed by atoms with Crippen LogP contribution in [0.1, 0.15) is 19.8 Å². The first-order chi connectivity index (χ1) is 11.1. The van der Waals surface area contributed by atoms with E-state index in [4.69, 9.17) is 5.84 Å². The molecule has 2 N–H and O–H groups in total. The third-order valence-electron chi connectivity index (χ3n) is 4.10. The Hall–Kier alpha value is -1.95. The van der Waals surface area contributed by atoms with Gasteiger partial charge in [0.15, 0.2) is 5.16 Å². The Kier molecular flexibility index (Phi) is 4.91. The summed E-state index contributed by atoms with van der Waals surface area (Å²) in [6.45, 7) is 3.94. The Morgan fingerprint density at radius 2 is 2.17 bits per heavy atom. The van der Waals surface area contributed by atoms with E-state index in [1.807, 2.05) is 35.2 Å². The van der Waals surface area contributed by atoms with Gasteiger partial charge in [-0.05, 0) is 18.8 Å². The summed E-state index contributed by atoms with van der Waals surface area (Å²) < 4.78 is 1.50. The fourth-order valence-electron chi connectivity index (χ4n) is 2.86. The number of imidazole rings is 1. The number of nitrogens with zero attached hydrogens (tertiary/aromatic N) is 3. The van der Waals surface area contributed by atoms with Crippen molar-refractivity contribution in [1.82, 2.24) is 14.6 Å². The number of aromatic nitrogens is 2. The highest BCUT2D eigenvalue weighted by atomic mass is 32.2. The number of likely N-dealkylation sites (tertiary alicyclic amines) is 1. The second-order valence-corrected chi connectivity index (χ2v) is 7.00. The molecule has 0 spiro atoms. The topological polar surface area (TPSA) is 64.2 Å². The summed E-state index contributed by atoms with van der Waals surface area (Å²) >= 11 is 1.40. The molecule has 0 bridgehead atoms. The third kappa shape index (κ3) is 3.88. The number of thioether (sulfide) groups is 1. The van der Waals surface area contributed by atoms with Crippen LogP contribution in [-0.2, 0) is 4.79 Å². The second-order valence-electron chi connectivity index (χ2n) is 6.06. The van der Waals surface area contributed by atoms with E-state index in [1.54, 1.807) is 6.20 Å². The minimum atomic E-state index is 0.172. The first-order valence-corrected chi connectivity index (χ1v) is 8.92. The smallest absolute Gasteiger partial charge is 0.233 e. The minimum absolute atomic E-state index is 0.172. The maximum Gasteiger partial charge on any atom is 0.233 e. The van der Waals surface area contributed by atoms with Gasteiger partial charge in [-0.3, -0.25) is 4.79 Å². The molecule has 122 valence electrons. The lowest BCUT2D eigenvalue weighted by Crippen LogP contribution is -2.40. The van der Waals surface area contributed by atoms with Gasteiger partial charge in [0.25, 0.3) is 0 Å². The van der Waals surface area contributed by atoms with Crippen LogP contribution in [0.25, 0.3) is 11.3 Å². The Balaban J connectivity index is 1.62. The van der Waals surface area contributed by atoms with E-state index in [0.717, 1.165) is 30.8 Å². The van der Waals surface area contributed by atoms with E-state index in [2.05, 4.69) is 11.9 Å². The number of piperidine rings is 1. The number of nitrogen functional groups attached to an aromatic ring is 1. The van der Waals surface area contributed by atoms with Crippen LogP contribution in [0, 0.1) is 5.92 Å². The molecule has 1 aliphatic heterocycles. The molecular formula is C17H22N4OS. The van der Waals surface area contributed by atoms with Gasteiger partial charge in [-0.15, -0.1) is 0 Å². The molecule has 0 radical (unpaired) electrons. The standard InChI is InChI=1S/C17H22N4OS/c1-13-6-5-9-20(10-13)16(22)12-23-17-19-15(11-21(17)18)14-7-3-2-4-8-14/h2-4,7-8,11,13H,5-6,9-10,12,18H2,1H3/t13-/m0/s1. The van der Waals surface area contributed by atoms with Crippen molar-refractivity contribution in [3.05, 3.63) is 36.5 Å². The molecule has 3 rings (SSSR count). The van der Waals surface area contributed by atoms with Gasteiger partial charge in [-0.1, -0.05) is 49.0 Å². The number of rotatable bonds is 4. The van der Waals surface area contributed by atoms with Crippen molar-refractivity contribution < 1.29 is 4.79 Å². The Morgan fingerprint density at radius 3 is 2.91 bits per heavy atom. The fourth-order valence-corrected chi connectivity index (χ4v) is 3.66. The molecular weight excluding hydrogens is 308 g/mol. The van der Waals surface area contributed by atoms with E-state index in [-0.39, 0.29) is 5.91 Å². The van der Waals surface area contributed by atoms with Crippen LogP contribution in [0.3, 0.4) is 0 Å². The molecule has 1 saturated heterocycles. The molecule has 0 unspecified atom stereocenters. The Labute approximate surface area is 140 Å². The van der Waals surface area contributed by atoms with Crippen molar-refractivity contribution in [3.63, 3.8) is 0 Å². The molecule has 23 heavy (non-hydrogen) atoms. The van der Waals surface area contributed by atoms with Gasteiger partial charge < -0.3 is 10.7 Å². The number of hydrogen-bond acceptors (Lipinski definition) is 4. The van der Waals surface area contributed by atoms with Gasteiger partial charge in [-0.25, -0.2) is 9.66 Å². The van der Waals surface area contributed by atoms with E-state index in [9.17, 15) is 4.79 Å². The zero-order valence-corrected chi connectivity index (χ0v) is 14.1. The number of nitrogens with two attached hydrogens (primary N) is 1. The van der Waals surface area contributed by atoms with E-state index in [0.29, 0.717) is 16.8 Å². The number of carbonyl (C=O) groups is 1. The Morgan fingerprint density at radius 1 is 1.39 bits per heavy atom. The van der Waals surface area contributed by atoms with Gasteiger partial charge in [0.2, 0.25) is 5.91 Å². The normalized spacial score (nSPS) is 18.1. The molecule has 2 aromatic rings. The lowest BCUT2D eigenvalue weighted by molar-refractivity contribution is -0.130. The Bertz CT molecular complexity index is 670. The molecule has 1 atom stereocenters. The molecule has 1 aromatic carbocycles. The number of hydrogen-bond donors (Lipinski definition) is 1. The summed E-state index contributed by atoms with van der Waals surface area (Å²) in [5, 5.41) is 0.669. The highest BCUT2D eigenvalue weighted by Crippen LogP contribution is 2.23. The van der Waals surface area contributed by atoms with Crippen LogP contribution >= 0.6 is 11.8 Å². The van der Waals surface area contributed by atoms with Crippen molar-refractivity contribution in [1.29, 1.82) is 0 Å². The molecule has 0 aliphatic carbocycles. The molecule has 1 amide bonds. The summed E-state index contributed by atoms with van der Waals surface area (Å²) in [7, 11) is 0. The summed E-state index contributed by atoms with van der Waals surface area (Å²) in [6, 6.07) is 9.91. The van der Waals surface area contributed by atoms with Crippen molar-refractivity contribution in [2.45, 2.75) is 24.9 Å². The van der Waals surface area contributed by atoms with Crippen molar-refractivity contribution in [3.8, 4) is 11.3 Å². The lowest BCUT2D eigenvalue weighted by atomic mass is 10.0. The van der Waals surface area contributed by atoms with Crippen molar-refractivity contribution >= 4 is 17.7 Å². The van der Waals surface area contributed by atoms with Gasteiger partial charge in [0.05, 0.1) is 17.6 Å². The average molecular weight is 330 g/mol. The van der Waals surface area contributed by atoms with Gasteiger partial charge in [0.1, 0.15) is 0 Å². The maximum atomic E-state index is 12.3. The van der Waals surface area contributed by atoms with Crippen LogP contribution in [0.2, 0.25) is 0 Å². The van der Waals surface area contributed by atoms with Crippen LogP contribution in [-0.4, -0.2) is 39.3 Å². The molecule has 6 heteroatoms. The summed E-state index contributed by atoms with van der Waals surface area (Å²) in [5.41, 5.74) is 1.85. The van der Waals surface area contributed by atoms with Crippen LogP contribution in [0.15, 0.2) is 41.7 Å². The molecule has 0 saturated carbocycles. The quantitative estimate of drug-likeness (QED) is 0.691. The largest absolute Gasteiger partial charge is 0.342 e.